The molecule has 1 N–H and O–H groups in total. The van der Waals surface area contributed by atoms with Crippen molar-refractivity contribution >= 4 is 23.4 Å². The number of furan rings is 1. The molecule has 0 atom stereocenters. The van der Waals surface area contributed by atoms with E-state index >= 15 is 0 Å². The third-order valence-corrected chi connectivity index (χ3v) is 4.26. The second-order valence-corrected chi connectivity index (χ2v) is 6.66. The third kappa shape index (κ3) is 4.14. The molecule has 0 bridgehead atoms. The fourth-order valence-electron chi connectivity index (χ4n) is 3.09. The van der Waals surface area contributed by atoms with Crippen LogP contribution < -0.4 is 5.32 Å². The predicted octanol–water partition coefficient (Wildman–Crippen LogP) is 4.19. The molecule has 2 heterocycles. The van der Waals surface area contributed by atoms with Crippen molar-refractivity contribution < 1.29 is 9.21 Å². The molecule has 0 fully saturated rings. The minimum Gasteiger partial charge on any atom is -0.465 e. The number of hydrogen-bond donors (Lipinski definition) is 1. The molecule has 7 nitrogen and oxygen atoms in total. The Labute approximate surface area is 167 Å². The summed E-state index contributed by atoms with van der Waals surface area (Å²) in [6, 6.07) is 18.8. The Morgan fingerprint density at radius 2 is 1.79 bits per heavy atom. The third-order valence-electron chi connectivity index (χ3n) is 4.26. The first-order chi connectivity index (χ1) is 14.1. The summed E-state index contributed by atoms with van der Waals surface area (Å²) in [6.45, 7) is 3.97. The summed E-state index contributed by atoms with van der Waals surface area (Å²) in [4.78, 5) is 13.2. The van der Waals surface area contributed by atoms with Crippen LogP contribution in [0.25, 0.3) is 23.2 Å². The number of aromatic nitrogens is 4. The highest BCUT2D eigenvalue weighted by molar-refractivity contribution is 6.24. The van der Waals surface area contributed by atoms with E-state index in [0.29, 0.717) is 17.3 Å². The molecule has 0 aliphatic carbocycles. The molecule has 0 aliphatic rings. The Balaban J connectivity index is 1.76. The molecule has 0 saturated carbocycles. The van der Waals surface area contributed by atoms with Crippen molar-refractivity contribution in [3.63, 3.8) is 0 Å². The largest absolute Gasteiger partial charge is 0.465 e. The predicted molar refractivity (Wildman–Crippen MR) is 111 cm³/mol. The van der Waals surface area contributed by atoms with Gasteiger partial charge in [0.05, 0.1) is 6.26 Å². The van der Waals surface area contributed by atoms with Crippen LogP contribution in [-0.4, -0.2) is 26.1 Å². The van der Waals surface area contributed by atoms with E-state index in [9.17, 15) is 4.79 Å². The number of anilines is 1. The van der Waals surface area contributed by atoms with Crippen molar-refractivity contribution in [3.05, 3.63) is 83.8 Å². The van der Waals surface area contributed by atoms with Crippen LogP contribution in [0.15, 0.2) is 71.3 Å². The van der Waals surface area contributed by atoms with Gasteiger partial charge in [0.2, 0.25) is 0 Å². The van der Waals surface area contributed by atoms with Gasteiger partial charge >= 0.3 is 0 Å². The van der Waals surface area contributed by atoms with E-state index in [-0.39, 0.29) is 11.6 Å². The van der Waals surface area contributed by atoms with Gasteiger partial charge in [0.1, 0.15) is 11.5 Å². The van der Waals surface area contributed by atoms with Crippen LogP contribution in [0.3, 0.4) is 0 Å². The van der Waals surface area contributed by atoms with Crippen molar-refractivity contribution in [2.75, 3.05) is 5.32 Å². The van der Waals surface area contributed by atoms with E-state index in [2.05, 4.69) is 20.8 Å². The second kappa shape index (κ2) is 7.93. The van der Waals surface area contributed by atoms with Gasteiger partial charge in [0, 0.05) is 17.3 Å². The number of nitrogens with one attached hydrogen (secondary N) is 1. The minimum atomic E-state index is -0.351. The van der Waals surface area contributed by atoms with E-state index in [1.807, 2.05) is 62.4 Å². The lowest BCUT2D eigenvalue weighted by Gasteiger charge is -2.11. The number of nitrogens with zero attached hydrogens (tertiary/aromatic N) is 4. The molecular weight excluding hydrogens is 366 g/mol. The molecule has 0 unspecified atom stereocenters. The lowest BCUT2D eigenvalue weighted by molar-refractivity contribution is -0.111. The quantitative estimate of drug-likeness (QED) is 0.521. The van der Waals surface area contributed by atoms with Crippen LogP contribution in [0.2, 0.25) is 0 Å². The standard InChI is InChI=1S/C22H19N5O2/c1-15-11-16(2)13-18(12-15)23-22(28)20(14-19-9-6-10-29-19)27-21(24-25-26-27)17-7-4-3-5-8-17/h3-14H,1-2H3,(H,23,28). The van der Waals surface area contributed by atoms with Crippen molar-refractivity contribution in [2.24, 2.45) is 0 Å². The van der Waals surface area contributed by atoms with E-state index in [0.717, 1.165) is 16.7 Å². The maximum atomic E-state index is 13.2. The number of hydrogen-bond acceptors (Lipinski definition) is 5. The highest BCUT2D eigenvalue weighted by Gasteiger charge is 2.20. The zero-order valence-corrected chi connectivity index (χ0v) is 16.0. The normalized spacial score (nSPS) is 11.4. The molecule has 0 saturated heterocycles. The van der Waals surface area contributed by atoms with Gasteiger partial charge in [-0.25, -0.2) is 0 Å². The zero-order valence-electron chi connectivity index (χ0n) is 16.0. The molecule has 2 aromatic carbocycles. The summed E-state index contributed by atoms with van der Waals surface area (Å²) >= 11 is 0. The lowest BCUT2D eigenvalue weighted by Crippen LogP contribution is -2.19. The van der Waals surface area contributed by atoms with Gasteiger partial charge < -0.3 is 9.73 Å². The highest BCUT2D eigenvalue weighted by Crippen LogP contribution is 2.22. The first-order valence-corrected chi connectivity index (χ1v) is 9.09. The Bertz CT molecular complexity index is 1140. The molecule has 0 aliphatic heterocycles. The maximum Gasteiger partial charge on any atom is 0.274 e. The lowest BCUT2D eigenvalue weighted by atomic mass is 10.1. The second-order valence-electron chi connectivity index (χ2n) is 6.66. The maximum absolute atomic E-state index is 13.2. The molecule has 4 rings (SSSR count). The number of aryl methyl sites for hydroxylation is 2. The van der Waals surface area contributed by atoms with Gasteiger partial charge in [-0.1, -0.05) is 36.4 Å². The fraction of sp³-hybridized carbons (Fsp3) is 0.0909. The summed E-state index contributed by atoms with van der Waals surface area (Å²) in [5.41, 5.74) is 3.85. The monoisotopic (exact) mass is 385 g/mol. The number of carbonyl (C=O) groups is 1. The summed E-state index contributed by atoms with van der Waals surface area (Å²) in [6.07, 6.45) is 3.16. The molecule has 29 heavy (non-hydrogen) atoms. The summed E-state index contributed by atoms with van der Waals surface area (Å²) in [7, 11) is 0. The number of benzene rings is 2. The molecule has 0 spiro atoms. The van der Waals surface area contributed by atoms with Crippen LogP contribution in [0, 0.1) is 13.8 Å². The van der Waals surface area contributed by atoms with Crippen molar-refractivity contribution in [1.82, 2.24) is 20.2 Å². The molecule has 4 aromatic rings. The molecule has 1 amide bonds. The average Bonchev–Trinajstić information content (AvgIpc) is 3.38. The van der Waals surface area contributed by atoms with E-state index in [4.69, 9.17) is 4.42 Å². The van der Waals surface area contributed by atoms with Crippen LogP contribution in [0.4, 0.5) is 5.69 Å². The Kier molecular flexibility index (Phi) is 5.03. The van der Waals surface area contributed by atoms with Gasteiger partial charge in [-0.2, -0.15) is 4.68 Å². The topological polar surface area (TPSA) is 85.8 Å². The molecule has 7 heteroatoms. The summed E-state index contributed by atoms with van der Waals surface area (Å²) < 4.78 is 6.82. The van der Waals surface area contributed by atoms with E-state index in [1.165, 1.54) is 4.68 Å². The van der Waals surface area contributed by atoms with Gasteiger partial charge in [-0.15, -0.1) is 5.10 Å². The summed E-state index contributed by atoms with van der Waals surface area (Å²) in [5, 5.41) is 14.9. The molecule has 144 valence electrons. The van der Waals surface area contributed by atoms with E-state index < -0.39 is 0 Å². The highest BCUT2D eigenvalue weighted by atomic mass is 16.3. The van der Waals surface area contributed by atoms with E-state index in [1.54, 1.807) is 24.5 Å². The smallest absolute Gasteiger partial charge is 0.274 e. The zero-order chi connectivity index (χ0) is 20.2. The van der Waals surface area contributed by atoms with Gasteiger partial charge in [0.15, 0.2) is 5.82 Å². The number of carbonyl (C=O) groups excluding carboxylic acids is 1. The Hall–Kier alpha value is -4.00. The molecule has 2 aromatic heterocycles. The Morgan fingerprint density at radius 1 is 1.03 bits per heavy atom. The molecular formula is C22H19N5O2. The Morgan fingerprint density at radius 3 is 2.48 bits per heavy atom. The van der Waals surface area contributed by atoms with Gasteiger partial charge in [-0.3, -0.25) is 4.79 Å². The SMILES string of the molecule is Cc1cc(C)cc(NC(=O)C(=Cc2ccco2)n2nnnc2-c2ccccc2)c1. The first-order valence-electron chi connectivity index (χ1n) is 9.09. The number of tetrazole rings is 1. The van der Waals surface area contributed by atoms with Crippen molar-refractivity contribution in [2.45, 2.75) is 13.8 Å². The van der Waals surface area contributed by atoms with Crippen LogP contribution in [-0.2, 0) is 4.79 Å². The first kappa shape index (κ1) is 18.4. The van der Waals surface area contributed by atoms with Crippen molar-refractivity contribution in [3.8, 4) is 11.4 Å². The minimum absolute atomic E-state index is 0.239. The van der Waals surface area contributed by atoms with Gasteiger partial charge in [0.25, 0.3) is 5.91 Å². The average molecular weight is 385 g/mol. The number of amides is 1. The fourth-order valence-corrected chi connectivity index (χ4v) is 3.09. The van der Waals surface area contributed by atoms with Crippen LogP contribution >= 0.6 is 0 Å². The summed E-state index contributed by atoms with van der Waals surface area (Å²) in [5.74, 6) is 0.625. The number of rotatable bonds is 5. The van der Waals surface area contributed by atoms with Crippen LogP contribution in [0.1, 0.15) is 16.9 Å². The van der Waals surface area contributed by atoms with Gasteiger partial charge in [-0.05, 0) is 59.7 Å². The van der Waals surface area contributed by atoms with Crippen LogP contribution in [0.5, 0.6) is 0 Å². The van der Waals surface area contributed by atoms with Crippen molar-refractivity contribution in [1.29, 1.82) is 0 Å². The molecule has 0 radical (unpaired) electrons.